The van der Waals surface area contributed by atoms with Crippen LogP contribution < -0.4 is 4.74 Å². The third-order valence-electron chi connectivity index (χ3n) is 3.84. The van der Waals surface area contributed by atoms with Gasteiger partial charge in [-0.25, -0.2) is 0 Å². The number of carbonyl (C=O) groups is 2. The number of amides is 2. The Bertz CT molecular complexity index is 959. The molecule has 0 radical (unpaired) electrons. The van der Waals surface area contributed by atoms with E-state index in [1.807, 2.05) is 6.07 Å². The molecule has 7 nitrogen and oxygen atoms in total. The summed E-state index contributed by atoms with van der Waals surface area (Å²) in [6.07, 6.45) is 1.62. The van der Waals surface area contributed by atoms with Gasteiger partial charge in [-0.1, -0.05) is 28.1 Å². The minimum Gasteiger partial charge on any atom is -0.496 e. The van der Waals surface area contributed by atoms with Crippen LogP contribution in [0.25, 0.3) is 6.08 Å². The van der Waals surface area contributed by atoms with Crippen LogP contribution in [0.15, 0.2) is 51.8 Å². The van der Waals surface area contributed by atoms with Gasteiger partial charge >= 0.3 is 0 Å². The molecule has 3 rings (SSSR count). The molecule has 0 aliphatic carbocycles. The maximum Gasteiger partial charge on any atom is 0.293 e. The second-order valence-corrected chi connectivity index (χ2v) is 7.49. The third kappa shape index (κ3) is 4.20. The highest BCUT2D eigenvalue weighted by Gasteiger charge is 2.35. The molecule has 1 aliphatic heterocycles. The van der Waals surface area contributed by atoms with Gasteiger partial charge in [0.2, 0.25) is 0 Å². The Kier molecular flexibility index (Phi) is 5.62. The zero-order chi connectivity index (χ0) is 19.6. The van der Waals surface area contributed by atoms with Crippen LogP contribution in [-0.2, 0) is 11.3 Å². The first kappa shape index (κ1) is 19.1. The van der Waals surface area contributed by atoms with Crippen LogP contribution in [0.5, 0.6) is 5.75 Å². The monoisotopic (exact) mass is 448 g/mol. The first-order chi connectivity index (χ1) is 12.9. The predicted molar refractivity (Wildman–Crippen MR) is 105 cm³/mol. The van der Waals surface area contributed by atoms with Gasteiger partial charge in [-0.15, -0.1) is 0 Å². The van der Waals surface area contributed by atoms with E-state index in [2.05, 4.69) is 15.9 Å². The van der Waals surface area contributed by atoms with E-state index in [9.17, 15) is 19.7 Å². The molecule has 0 spiro atoms. The van der Waals surface area contributed by atoms with E-state index in [1.54, 1.807) is 18.2 Å². The summed E-state index contributed by atoms with van der Waals surface area (Å²) in [6, 6.07) is 11.1. The lowest BCUT2D eigenvalue weighted by Gasteiger charge is -2.12. The summed E-state index contributed by atoms with van der Waals surface area (Å²) in [5.74, 6) is 0.172. The van der Waals surface area contributed by atoms with E-state index in [1.165, 1.54) is 31.4 Å². The fourth-order valence-corrected chi connectivity index (χ4v) is 3.71. The average molecular weight is 449 g/mol. The number of rotatable bonds is 5. The summed E-state index contributed by atoms with van der Waals surface area (Å²) in [5.41, 5.74) is 1.26. The summed E-state index contributed by atoms with van der Waals surface area (Å²) in [5, 5.41) is 10.3. The second-order valence-electron chi connectivity index (χ2n) is 5.58. The maximum atomic E-state index is 12.6. The van der Waals surface area contributed by atoms with Crippen LogP contribution in [0, 0.1) is 10.1 Å². The molecule has 1 aliphatic rings. The van der Waals surface area contributed by atoms with Gasteiger partial charge < -0.3 is 4.74 Å². The molecule has 0 aromatic heterocycles. The summed E-state index contributed by atoms with van der Waals surface area (Å²) in [7, 11) is 1.53. The maximum absolute atomic E-state index is 12.6. The van der Waals surface area contributed by atoms with E-state index in [-0.39, 0.29) is 12.2 Å². The molecule has 0 bridgehead atoms. The van der Waals surface area contributed by atoms with Gasteiger partial charge in [0.05, 0.1) is 23.5 Å². The van der Waals surface area contributed by atoms with Gasteiger partial charge in [0.15, 0.2) is 0 Å². The van der Waals surface area contributed by atoms with Crippen molar-refractivity contribution in [1.29, 1.82) is 0 Å². The molecule has 0 atom stereocenters. The van der Waals surface area contributed by atoms with Crippen LogP contribution in [-0.4, -0.2) is 28.1 Å². The van der Waals surface area contributed by atoms with Gasteiger partial charge in [0.25, 0.3) is 16.8 Å². The molecule has 9 heteroatoms. The van der Waals surface area contributed by atoms with Crippen molar-refractivity contribution >= 4 is 50.6 Å². The van der Waals surface area contributed by atoms with Crippen LogP contribution in [0.1, 0.15) is 11.1 Å². The first-order valence-electron chi connectivity index (χ1n) is 7.71. The van der Waals surface area contributed by atoms with Crippen LogP contribution in [0.4, 0.5) is 10.5 Å². The normalized spacial score (nSPS) is 15.5. The summed E-state index contributed by atoms with van der Waals surface area (Å²) in [6.45, 7) is 0.0512. The number of nitro benzene ring substituents is 1. The quantitative estimate of drug-likeness (QED) is 0.377. The molecule has 0 saturated carbocycles. The van der Waals surface area contributed by atoms with Crippen molar-refractivity contribution in [3.63, 3.8) is 0 Å². The lowest BCUT2D eigenvalue weighted by Crippen LogP contribution is -2.27. The zero-order valence-electron chi connectivity index (χ0n) is 14.0. The molecule has 1 fully saturated rings. The van der Waals surface area contributed by atoms with Gasteiger partial charge in [0, 0.05) is 22.2 Å². The third-order valence-corrected chi connectivity index (χ3v) is 5.24. The van der Waals surface area contributed by atoms with Crippen molar-refractivity contribution < 1.29 is 19.2 Å². The minimum absolute atomic E-state index is 0.0467. The molecule has 0 N–H and O–H groups in total. The van der Waals surface area contributed by atoms with Crippen LogP contribution in [0.3, 0.4) is 0 Å². The van der Waals surface area contributed by atoms with Crippen LogP contribution in [0.2, 0.25) is 0 Å². The lowest BCUT2D eigenvalue weighted by atomic mass is 10.1. The Labute approximate surface area is 167 Å². The van der Waals surface area contributed by atoms with Crippen LogP contribution >= 0.6 is 27.7 Å². The highest BCUT2D eigenvalue weighted by Crippen LogP contribution is 2.35. The number of hydrogen-bond acceptors (Lipinski definition) is 6. The van der Waals surface area contributed by atoms with E-state index in [4.69, 9.17) is 4.74 Å². The number of ether oxygens (including phenoxy) is 1. The van der Waals surface area contributed by atoms with Crippen molar-refractivity contribution in [3.05, 3.63) is 73.1 Å². The van der Waals surface area contributed by atoms with E-state index < -0.39 is 16.1 Å². The molecular weight excluding hydrogens is 436 g/mol. The number of imide groups is 1. The molecule has 1 saturated heterocycles. The lowest BCUT2D eigenvalue weighted by molar-refractivity contribution is -0.384. The Morgan fingerprint density at radius 2 is 1.93 bits per heavy atom. The number of thioether (sulfide) groups is 1. The fourth-order valence-electron chi connectivity index (χ4n) is 2.50. The molecular formula is C18H13BrN2O5S. The van der Waals surface area contributed by atoms with Gasteiger partial charge in [-0.05, 0) is 41.6 Å². The summed E-state index contributed by atoms with van der Waals surface area (Å²) in [4.78, 5) is 36.5. The molecule has 138 valence electrons. The van der Waals surface area contributed by atoms with Gasteiger partial charge in [-0.2, -0.15) is 0 Å². The van der Waals surface area contributed by atoms with Gasteiger partial charge in [0.1, 0.15) is 5.75 Å². The number of hydrogen-bond donors (Lipinski definition) is 0. The Balaban J connectivity index is 1.83. The van der Waals surface area contributed by atoms with Crippen molar-refractivity contribution in [2.24, 2.45) is 0 Å². The van der Waals surface area contributed by atoms with E-state index in [0.29, 0.717) is 21.8 Å². The Morgan fingerprint density at radius 3 is 2.56 bits per heavy atom. The number of non-ortho nitro benzene ring substituents is 1. The van der Waals surface area contributed by atoms with Crippen molar-refractivity contribution in [2.45, 2.75) is 6.54 Å². The zero-order valence-corrected chi connectivity index (χ0v) is 16.5. The fraction of sp³-hybridized carbons (Fsp3) is 0.111. The highest BCUT2D eigenvalue weighted by molar-refractivity contribution is 9.10. The second kappa shape index (κ2) is 7.93. The molecule has 27 heavy (non-hydrogen) atoms. The number of nitrogens with zero attached hydrogens (tertiary/aromatic N) is 2. The standard InChI is InChI=1S/C18H13BrN2O5S/c1-26-15-7-4-13(19)8-12(15)9-16-17(22)20(18(23)27-16)10-11-2-5-14(6-3-11)21(24)25/h2-9H,10H2,1H3/b16-9+. The van der Waals surface area contributed by atoms with E-state index in [0.717, 1.165) is 21.1 Å². The molecule has 2 aromatic rings. The summed E-state index contributed by atoms with van der Waals surface area (Å²) >= 11 is 4.22. The largest absolute Gasteiger partial charge is 0.496 e. The van der Waals surface area contributed by atoms with Crippen molar-refractivity contribution in [3.8, 4) is 5.75 Å². The van der Waals surface area contributed by atoms with Gasteiger partial charge in [-0.3, -0.25) is 24.6 Å². The Morgan fingerprint density at radius 1 is 1.22 bits per heavy atom. The number of methoxy groups -OCH3 is 1. The number of halogens is 1. The molecule has 0 unspecified atom stereocenters. The smallest absolute Gasteiger partial charge is 0.293 e. The SMILES string of the molecule is COc1ccc(Br)cc1/C=C1/SC(=O)N(Cc2ccc([N+](=O)[O-])cc2)C1=O. The minimum atomic E-state index is -0.502. The number of carbonyl (C=O) groups excluding carboxylic acids is 2. The van der Waals surface area contributed by atoms with Crippen molar-refractivity contribution in [2.75, 3.05) is 7.11 Å². The topological polar surface area (TPSA) is 89.8 Å². The molecule has 1 heterocycles. The average Bonchev–Trinajstić information content (AvgIpc) is 2.90. The Hall–Kier alpha value is -2.65. The first-order valence-corrected chi connectivity index (χ1v) is 9.32. The van der Waals surface area contributed by atoms with Crippen molar-refractivity contribution in [1.82, 2.24) is 4.90 Å². The number of nitro groups is 1. The van der Waals surface area contributed by atoms with E-state index >= 15 is 0 Å². The number of benzene rings is 2. The predicted octanol–water partition coefficient (Wildman–Crippen LogP) is 4.60. The highest BCUT2D eigenvalue weighted by atomic mass is 79.9. The molecule has 2 aromatic carbocycles. The summed E-state index contributed by atoms with van der Waals surface area (Å²) < 4.78 is 6.11. The molecule has 2 amide bonds.